The van der Waals surface area contributed by atoms with E-state index in [4.69, 9.17) is 4.74 Å². The fraction of sp³-hybridized carbons (Fsp3) is 0.350. The van der Waals surface area contributed by atoms with Gasteiger partial charge in [0, 0.05) is 18.7 Å². The summed E-state index contributed by atoms with van der Waals surface area (Å²) in [5.74, 6) is 0.361. The van der Waals surface area contributed by atoms with Crippen molar-refractivity contribution in [1.29, 1.82) is 0 Å². The van der Waals surface area contributed by atoms with Gasteiger partial charge in [-0.3, -0.25) is 9.10 Å². The number of carbonyl (C=O) groups is 1. The standard InChI is InChI=1S/C20H26N2O4S/c1-4-26-19-9-6-5-8-18(19)22(27(3,24)25)15-7-10-20(23)21-17-13-11-16(2)12-14-17/h5-6,8-9,11-14H,4,7,10,15H2,1-3H3,(H,21,23). The van der Waals surface area contributed by atoms with Gasteiger partial charge >= 0.3 is 0 Å². The van der Waals surface area contributed by atoms with Crippen LogP contribution in [0.2, 0.25) is 0 Å². The van der Waals surface area contributed by atoms with Crippen molar-refractivity contribution in [2.45, 2.75) is 26.7 Å². The summed E-state index contributed by atoms with van der Waals surface area (Å²) in [4.78, 5) is 12.1. The van der Waals surface area contributed by atoms with Gasteiger partial charge in [-0.2, -0.15) is 0 Å². The molecule has 6 nitrogen and oxygen atoms in total. The Morgan fingerprint density at radius 2 is 1.78 bits per heavy atom. The van der Waals surface area contributed by atoms with Crippen molar-refractivity contribution in [2.24, 2.45) is 0 Å². The molecule has 0 spiro atoms. The molecule has 1 N–H and O–H groups in total. The molecular weight excluding hydrogens is 364 g/mol. The molecule has 0 radical (unpaired) electrons. The fourth-order valence-corrected chi connectivity index (χ4v) is 3.62. The zero-order valence-electron chi connectivity index (χ0n) is 15.9. The minimum atomic E-state index is -3.50. The molecule has 0 heterocycles. The van der Waals surface area contributed by atoms with Gasteiger partial charge in [-0.25, -0.2) is 8.42 Å². The highest BCUT2D eigenvalue weighted by Gasteiger charge is 2.21. The van der Waals surface area contributed by atoms with Gasteiger partial charge in [0.25, 0.3) is 0 Å². The van der Waals surface area contributed by atoms with Gasteiger partial charge < -0.3 is 10.1 Å². The van der Waals surface area contributed by atoms with Crippen LogP contribution in [0.15, 0.2) is 48.5 Å². The van der Waals surface area contributed by atoms with Gasteiger partial charge in [-0.15, -0.1) is 0 Å². The fourth-order valence-electron chi connectivity index (χ4n) is 2.65. The summed E-state index contributed by atoms with van der Waals surface area (Å²) in [6.07, 6.45) is 1.77. The second-order valence-electron chi connectivity index (χ2n) is 6.25. The lowest BCUT2D eigenvalue weighted by molar-refractivity contribution is -0.116. The summed E-state index contributed by atoms with van der Waals surface area (Å²) in [5.41, 5.74) is 2.33. The van der Waals surface area contributed by atoms with Crippen molar-refractivity contribution >= 4 is 27.3 Å². The molecule has 2 rings (SSSR count). The first-order valence-corrected chi connectivity index (χ1v) is 10.7. The molecule has 0 unspecified atom stereocenters. The second-order valence-corrected chi connectivity index (χ2v) is 8.16. The summed E-state index contributed by atoms with van der Waals surface area (Å²) < 4.78 is 31.3. The van der Waals surface area contributed by atoms with Crippen molar-refractivity contribution in [3.63, 3.8) is 0 Å². The highest BCUT2D eigenvalue weighted by atomic mass is 32.2. The number of nitrogens with zero attached hydrogens (tertiary/aromatic N) is 1. The van der Waals surface area contributed by atoms with Gasteiger partial charge in [-0.05, 0) is 44.5 Å². The molecule has 0 aliphatic heterocycles. The zero-order valence-corrected chi connectivity index (χ0v) is 16.8. The summed E-state index contributed by atoms with van der Waals surface area (Å²) >= 11 is 0. The molecule has 1 amide bonds. The summed E-state index contributed by atoms with van der Waals surface area (Å²) in [6.45, 7) is 4.46. The molecule has 7 heteroatoms. The first kappa shape index (κ1) is 20.8. The predicted molar refractivity (Wildman–Crippen MR) is 109 cm³/mol. The van der Waals surface area contributed by atoms with E-state index in [1.54, 1.807) is 24.3 Å². The van der Waals surface area contributed by atoms with E-state index in [-0.39, 0.29) is 18.9 Å². The molecule has 27 heavy (non-hydrogen) atoms. The lowest BCUT2D eigenvalue weighted by atomic mass is 10.2. The van der Waals surface area contributed by atoms with Crippen molar-refractivity contribution in [3.05, 3.63) is 54.1 Å². The molecule has 0 saturated carbocycles. The second kappa shape index (κ2) is 9.41. The van der Waals surface area contributed by atoms with Gasteiger partial charge in [-0.1, -0.05) is 29.8 Å². The number of aryl methyl sites for hydroxylation is 1. The third-order valence-corrected chi connectivity index (χ3v) is 5.11. The number of nitrogens with one attached hydrogen (secondary N) is 1. The highest BCUT2D eigenvalue weighted by molar-refractivity contribution is 7.92. The van der Waals surface area contributed by atoms with E-state index in [1.165, 1.54) is 4.31 Å². The smallest absolute Gasteiger partial charge is 0.232 e. The van der Waals surface area contributed by atoms with E-state index in [0.717, 1.165) is 17.5 Å². The minimum Gasteiger partial charge on any atom is -0.492 e. The van der Waals surface area contributed by atoms with E-state index in [0.29, 0.717) is 24.5 Å². The Labute approximate surface area is 161 Å². The van der Waals surface area contributed by atoms with Crippen molar-refractivity contribution in [1.82, 2.24) is 0 Å². The summed E-state index contributed by atoms with van der Waals surface area (Å²) in [6, 6.07) is 14.5. The third kappa shape index (κ3) is 6.29. The maximum Gasteiger partial charge on any atom is 0.232 e. The van der Waals surface area contributed by atoms with Crippen molar-refractivity contribution in [3.8, 4) is 5.75 Å². The van der Waals surface area contributed by atoms with Crippen LogP contribution in [0, 0.1) is 6.92 Å². The lowest BCUT2D eigenvalue weighted by Gasteiger charge is -2.24. The van der Waals surface area contributed by atoms with E-state index in [2.05, 4.69) is 5.32 Å². The number of para-hydroxylation sites is 2. The molecular formula is C20H26N2O4S. The van der Waals surface area contributed by atoms with Crippen LogP contribution in [0.1, 0.15) is 25.3 Å². The molecule has 0 saturated heterocycles. The van der Waals surface area contributed by atoms with Crippen LogP contribution in [0.25, 0.3) is 0 Å². The van der Waals surface area contributed by atoms with E-state index >= 15 is 0 Å². The number of anilines is 2. The topological polar surface area (TPSA) is 75.7 Å². The van der Waals surface area contributed by atoms with Gasteiger partial charge in [0.2, 0.25) is 15.9 Å². The Hall–Kier alpha value is -2.54. The summed E-state index contributed by atoms with van der Waals surface area (Å²) in [7, 11) is -3.50. The predicted octanol–water partition coefficient (Wildman–Crippen LogP) is 3.58. The Morgan fingerprint density at radius 1 is 1.11 bits per heavy atom. The number of sulfonamides is 1. The van der Waals surface area contributed by atoms with Gasteiger partial charge in [0.15, 0.2) is 0 Å². The monoisotopic (exact) mass is 390 g/mol. The number of rotatable bonds is 9. The van der Waals surface area contributed by atoms with E-state index < -0.39 is 10.0 Å². The van der Waals surface area contributed by atoms with E-state index in [1.807, 2.05) is 38.1 Å². The van der Waals surface area contributed by atoms with Gasteiger partial charge in [0.05, 0.1) is 18.6 Å². The van der Waals surface area contributed by atoms with Crippen LogP contribution in [0.4, 0.5) is 11.4 Å². The van der Waals surface area contributed by atoms with Gasteiger partial charge in [0.1, 0.15) is 5.75 Å². The molecule has 0 aromatic heterocycles. The van der Waals surface area contributed by atoms with Crippen molar-refractivity contribution in [2.75, 3.05) is 29.0 Å². The number of amides is 1. The molecule has 0 fully saturated rings. The first-order chi connectivity index (χ1) is 12.8. The Balaban J connectivity index is 2.01. The molecule has 0 bridgehead atoms. The van der Waals surface area contributed by atoms with Crippen molar-refractivity contribution < 1.29 is 17.9 Å². The quantitative estimate of drug-likeness (QED) is 0.710. The molecule has 0 atom stereocenters. The Kier molecular flexibility index (Phi) is 7.24. The average molecular weight is 391 g/mol. The lowest BCUT2D eigenvalue weighted by Crippen LogP contribution is -2.31. The molecule has 2 aromatic carbocycles. The first-order valence-electron chi connectivity index (χ1n) is 8.87. The third-order valence-electron chi connectivity index (χ3n) is 3.93. The average Bonchev–Trinajstić information content (AvgIpc) is 2.61. The van der Waals surface area contributed by atoms with Crippen LogP contribution in [-0.4, -0.2) is 33.7 Å². The van der Waals surface area contributed by atoms with Crippen LogP contribution in [0.5, 0.6) is 5.75 Å². The number of hydrogen-bond acceptors (Lipinski definition) is 4. The zero-order chi connectivity index (χ0) is 19.9. The van der Waals surface area contributed by atoms with Crippen LogP contribution < -0.4 is 14.4 Å². The number of ether oxygens (including phenoxy) is 1. The number of hydrogen-bond donors (Lipinski definition) is 1. The highest BCUT2D eigenvalue weighted by Crippen LogP contribution is 2.30. The Bertz CT molecular complexity index is 864. The van der Waals surface area contributed by atoms with Crippen LogP contribution >= 0.6 is 0 Å². The SMILES string of the molecule is CCOc1ccccc1N(CCCC(=O)Nc1ccc(C)cc1)S(C)(=O)=O. The normalized spacial score (nSPS) is 11.1. The molecule has 146 valence electrons. The Morgan fingerprint density at radius 3 is 2.41 bits per heavy atom. The number of benzene rings is 2. The maximum absolute atomic E-state index is 12.3. The van der Waals surface area contributed by atoms with E-state index in [9.17, 15) is 13.2 Å². The molecule has 0 aliphatic carbocycles. The maximum atomic E-state index is 12.3. The van der Waals surface area contributed by atoms with Crippen LogP contribution in [0.3, 0.4) is 0 Å². The summed E-state index contributed by atoms with van der Waals surface area (Å²) in [5, 5.41) is 2.82. The number of carbonyl (C=O) groups excluding carboxylic acids is 1. The molecule has 2 aromatic rings. The molecule has 0 aliphatic rings. The minimum absolute atomic E-state index is 0.148. The largest absolute Gasteiger partial charge is 0.492 e. The van der Waals surface area contributed by atoms with Crippen LogP contribution in [-0.2, 0) is 14.8 Å².